The summed E-state index contributed by atoms with van der Waals surface area (Å²) < 4.78 is 24.2. The van der Waals surface area contributed by atoms with Crippen LogP contribution in [0.3, 0.4) is 0 Å². The molecule has 5 nitrogen and oxygen atoms in total. The Morgan fingerprint density at radius 2 is 2.07 bits per heavy atom. The molecule has 0 radical (unpaired) electrons. The Kier molecular flexibility index (Phi) is 2.59. The van der Waals surface area contributed by atoms with Crippen LogP contribution in [0, 0.1) is 0 Å². The molecular weight excluding hydrogens is 234 g/mol. The van der Waals surface area contributed by atoms with Crippen molar-refractivity contribution in [2.24, 2.45) is 5.14 Å². The Morgan fingerprint density at radius 1 is 1.33 bits per heavy atom. The van der Waals surface area contributed by atoms with Crippen LogP contribution in [0.1, 0.15) is 0 Å². The van der Waals surface area contributed by atoms with Crippen LogP contribution in [0.2, 0.25) is 0 Å². The maximum absolute atomic E-state index is 11.3. The van der Waals surface area contributed by atoms with Crippen LogP contribution in [0.4, 0.5) is 5.69 Å². The highest BCUT2D eigenvalue weighted by Crippen LogP contribution is 2.29. The summed E-state index contributed by atoms with van der Waals surface area (Å²) in [5, 5.41) is 6.92. The van der Waals surface area contributed by atoms with E-state index < -0.39 is 10.0 Å². The van der Waals surface area contributed by atoms with Crippen molar-refractivity contribution < 1.29 is 8.42 Å². The van der Waals surface area contributed by atoms with E-state index in [4.69, 9.17) is 5.14 Å². The van der Waals surface area contributed by atoms with Crippen LogP contribution < -0.4 is 15.0 Å². The van der Waals surface area contributed by atoms with Crippen molar-refractivity contribution in [1.29, 1.82) is 0 Å². The number of nitrogens with two attached hydrogens (primary N) is 1. The summed E-state index contributed by atoms with van der Waals surface area (Å²) in [5.74, 6) is 0. The zero-order chi connectivity index (χ0) is 10.9. The van der Waals surface area contributed by atoms with Crippen LogP contribution >= 0.6 is 11.9 Å². The predicted molar refractivity (Wildman–Crippen MR) is 60.2 cm³/mol. The third-order valence-corrected chi connectivity index (χ3v) is 3.55. The zero-order valence-corrected chi connectivity index (χ0v) is 9.25. The summed E-state index contributed by atoms with van der Waals surface area (Å²) in [7, 11) is -3.69. The number of nitrogens with one attached hydrogen (secondary N) is 1. The summed E-state index contributed by atoms with van der Waals surface area (Å²) in [6.45, 7) is 0. The highest BCUT2D eigenvalue weighted by Gasteiger charge is 2.19. The topological polar surface area (TPSA) is 75.4 Å². The average Bonchev–Trinajstić information content (AvgIpc) is 2.69. The molecule has 0 aromatic heterocycles. The number of nitrogens with zero attached hydrogens (tertiary/aromatic N) is 1. The molecule has 0 aliphatic carbocycles. The van der Waals surface area contributed by atoms with E-state index in [2.05, 4.69) is 5.43 Å². The zero-order valence-electron chi connectivity index (χ0n) is 7.62. The van der Waals surface area contributed by atoms with E-state index in [0.29, 0.717) is 5.69 Å². The third-order valence-electron chi connectivity index (χ3n) is 1.82. The van der Waals surface area contributed by atoms with Gasteiger partial charge in [-0.3, -0.25) is 5.43 Å². The van der Waals surface area contributed by atoms with Gasteiger partial charge in [0.25, 0.3) is 0 Å². The summed E-state index contributed by atoms with van der Waals surface area (Å²) in [6, 6.07) is 6.56. The van der Waals surface area contributed by atoms with Gasteiger partial charge in [-0.05, 0) is 12.1 Å². The molecule has 0 atom stereocenters. The number of rotatable bonds is 2. The first kappa shape index (κ1) is 10.3. The van der Waals surface area contributed by atoms with Gasteiger partial charge in [0.05, 0.1) is 5.69 Å². The van der Waals surface area contributed by atoms with Crippen LogP contribution in [0.25, 0.3) is 0 Å². The van der Waals surface area contributed by atoms with E-state index in [0.717, 1.165) is 0 Å². The molecule has 1 aliphatic rings. The minimum absolute atomic E-state index is 0.105. The number of para-hydroxylation sites is 1. The highest BCUT2D eigenvalue weighted by atomic mass is 32.2. The molecule has 80 valence electrons. The van der Waals surface area contributed by atoms with E-state index in [1.165, 1.54) is 18.0 Å². The lowest BCUT2D eigenvalue weighted by molar-refractivity contribution is 0.597. The van der Waals surface area contributed by atoms with Gasteiger partial charge >= 0.3 is 0 Å². The fourth-order valence-corrected chi connectivity index (χ4v) is 2.63. The van der Waals surface area contributed by atoms with Gasteiger partial charge in [0.15, 0.2) is 0 Å². The van der Waals surface area contributed by atoms with Gasteiger partial charge in [0.2, 0.25) is 10.0 Å². The first-order valence-corrected chi connectivity index (χ1v) is 6.47. The number of hydrazine groups is 1. The maximum atomic E-state index is 11.3. The minimum atomic E-state index is -3.69. The monoisotopic (exact) mass is 243 g/mol. The molecule has 3 N–H and O–H groups in total. The maximum Gasteiger partial charge on any atom is 0.240 e. The lowest BCUT2D eigenvalue weighted by Gasteiger charge is -2.18. The van der Waals surface area contributed by atoms with Gasteiger partial charge in [0, 0.05) is 23.6 Å². The summed E-state index contributed by atoms with van der Waals surface area (Å²) in [6.07, 6.45) is 1.71. The molecule has 7 heteroatoms. The molecule has 0 saturated heterocycles. The number of anilines is 1. The molecular formula is C8H9N3O2S2. The molecule has 0 saturated carbocycles. The molecule has 1 aliphatic heterocycles. The van der Waals surface area contributed by atoms with Crippen LogP contribution in [0.5, 0.6) is 0 Å². The number of benzene rings is 1. The van der Waals surface area contributed by atoms with Gasteiger partial charge in [-0.25, -0.2) is 18.0 Å². The smallest absolute Gasteiger partial charge is 0.240 e. The number of hydrogen-bond donors (Lipinski definition) is 2. The SMILES string of the molecule is NS(=O)(=O)c1ccccc1N1NC=CS1. The van der Waals surface area contributed by atoms with Crippen molar-refractivity contribution in [3.8, 4) is 0 Å². The Hall–Kier alpha value is -1.18. The van der Waals surface area contributed by atoms with E-state index in [-0.39, 0.29) is 4.90 Å². The van der Waals surface area contributed by atoms with E-state index in [9.17, 15) is 8.42 Å². The molecule has 0 unspecified atom stereocenters. The Balaban J connectivity index is 2.47. The van der Waals surface area contributed by atoms with E-state index in [1.54, 1.807) is 34.2 Å². The average molecular weight is 243 g/mol. The second-order valence-electron chi connectivity index (χ2n) is 2.84. The molecule has 15 heavy (non-hydrogen) atoms. The molecule has 1 aromatic carbocycles. The first-order chi connectivity index (χ1) is 7.09. The van der Waals surface area contributed by atoms with Crippen LogP contribution in [-0.4, -0.2) is 8.42 Å². The molecule has 1 heterocycles. The number of hydrogen-bond acceptors (Lipinski definition) is 5. The van der Waals surface area contributed by atoms with Gasteiger partial charge < -0.3 is 0 Å². The second-order valence-corrected chi connectivity index (χ2v) is 5.22. The largest absolute Gasteiger partial charge is 0.295 e. The fraction of sp³-hybridized carbons (Fsp3) is 0. The van der Waals surface area contributed by atoms with Crippen molar-refractivity contribution in [3.05, 3.63) is 35.9 Å². The Bertz CT molecular complexity index is 490. The van der Waals surface area contributed by atoms with Crippen molar-refractivity contribution >= 4 is 27.7 Å². The van der Waals surface area contributed by atoms with Gasteiger partial charge in [-0.15, -0.1) is 0 Å². The standard InChI is InChI=1S/C8H9N3O2S2/c9-15(12,13)8-4-2-1-3-7(8)11-10-5-6-14-11/h1-6,10H,(H2,9,12,13). The van der Waals surface area contributed by atoms with E-state index >= 15 is 0 Å². The van der Waals surface area contributed by atoms with Crippen molar-refractivity contribution in [3.63, 3.8) is 0 Å². The van der Waals surface area contributed by atoms with Crippen molar-refractivity contribution in [2.45, 2.75) is 4.90 Å². The molecule has 0 amide bonds. The summed E-state index contributed by atoms with van der Waals surface area (Å²) in [4.78, 5) is 0.105. The van der Waals surface area contributed by atoms with Crippen molar-refractivity contribution in [1.82, 2.24) is 5.43 Å². The molecule has 2 rings (SSSR count). The first-order valence-electron chi connectivity index (χ1n) is 4.09. The van der Waals surface area contributed by atoms with E-state index in [1.807, 2.05) is 0 Å². The predicted octanol–water partition coefficient (Wildman–Crippen LogP) is 0.778. The fourth-order valence-electron chi connectivity index (χ4n) is 1.21. The Labute approximate surface area is 92.1 Å². The molecule has 0 spiro atoms. The van der Waals surface area contributed by atoms with Crippen LogP contribution in [0.15, 0.2) is 40.8 Å². The Morgan fingerprint density at radius 3 is 2.67 bits per heavy atom. The van der Waals surface area contributed by atoms with Crippen molar-refractivity contribution in [2.75, 3.05) is 4.41 Å². The summed E-state index contributed by atoms with van der Waals surface area (Å²) in [5.41, 5.74) is 3.40. The van der Waals surface area contributed by atoms with Gasteiger partial charge in [-0.1, -0.05) is 12.1 Å². The third kappa shape index (κ3) is 2.09. The normalized spacial score (nSPS) is 15.4. The molecule has 0 fully saturated rings. The summed E-state index contributed by atoms with van der Waals surface area (Å²) >= 11 is 1.35. The minimum Gasteiger partial charge on any atom is -0.295 e. The van der Waals surface area contributed by atoms with Crippen LogP contribution in [-0.2, 0) is 10.0 Å². The quantitative estimate of drug-likeness (QED) is 0.751. The second kappa shape index (κ2) is 3.76. The lowest BCUT2D eigenvalue weighted by Crippen LogP contribution is -2.25. The van der Waals surface area contributed by atoms with Gasteiger partial charge in [-0.2, -0.15) is 0 Å². The highest BCUT2D eigenvalue weighted by molar-refractivity contribution is 8.03. The molecule has 0 bridgehead atoms. The number of sulfonamides is 1. The molecule has 1 aromatic rings. The van der Waals surface area contributed by atoms with Gasteiger partial charge in [0.1, 0.15) is 4.90 Å². The lowest BCUT2D eigenvalue weighted by atomic mass is 10.3. The number of primary sulfonamides is 1.